The van der Waals surface area contributed by atoms with E-state index in [0.717, 1.165) is 18.4 Å². The van der Waals surface area contributed by atoms with E-state index >= 15 is 0 Å². The van der Waals surface area contributed by atoms with Crippen LogP contribution in [-0.4, -0.2) is 41.2 Å². The number of rotatable bonds is 5. The molecule has 152 valence electrons. The molecule has 1 saturated carbocycles. The van der Waals surface area contributed by atoms with Gasteiger partial charge in [-0.15, -0.1) is 0 Å². The third kappa shape index (κ3) is 4.40. The SMILES string of the molecule is CN(CC(=O)N1N=C(c2ccccc2F)CC1c1ccccc1)C1CCCCC1. The largest absolute Gasteiger partial charge is 0.295 e. The van der Waals surface area contributed by atoms with Crippen LogP contribution < -0.4 is 0 Å². The second kappa shape index (κ2) is 8.87. The van der Waals surface area contributed by atoms with Crippen molar-refractivity contribution >= 4 is 11.6 Å². The van der Waals surface area contributed by atoms with Gasteiger partial charge in [0.2, 0.25) is 0 Å². The van der Waals surface area contributed by atoms with Gasteiger partial charge in [-0.05, 0) is 31.5 Å². The molecule has 0 aromatic heterocycles. The zero-order valence-corrected chi connectivity index (χ0v) is 16.9. The number of nitrogens with zero attached hydrogens (tertiary/aromatic N) is 3. The van der Waals surface area contributed by atoms with Crippen molar-refractivity contribution < 1.29 is 9.18 Å². The number of likely N-dealkylation sites (N-methyl/N-ethyl adjacent to an activating group) is 1. The quantitative estimate of drug-likeness (QED) is 0.734. The number of hydrazone groups is 1. The molecule has 2 aromatic carbocycles. The van der Waals surface area contributed by atoms with E-state index in [1.807, 2.05) is 37.4 Å². The van der Waals surface area contributed by atoms with Crippen molar-refractivity contribution in [1.82, 2.24) is 9.91 Å². The average Bonchev–Trinajstić information content (AvgIpc) is 3.21. The van der Waals surface area contributed by atoms with Crippen LogP contribution in [0.2, 0.25) is 0 Å². The second-order valence-corrected chi connectivity index (χ2v) is 8.10. The van der Waals surface area contributed by atoms with Gasteiger partial charge in [0, 0.05) is 18.0 Å². The van der Waals surface area contributed by atoms with Crippen molar-refractivity contribution in [3.05, 3.63) is 71.5 Å². The average molecular weight is 394 g/mol. The Labute approximate surface area is 172 Å². The first-order valence-electron chi connectivity index (χ1n) is 10.5. The Bertz CT molecular complexity index is 877. The number of amides is 1. The summed E-state index contributed by atoms with van der Waals surface area (Å²) in [6.45, 7) is 0.335. The van der Waals surface area contributed by atoms with Gasteiger partial charge in [-0.25, -0.2) is 9.40 Å². The highest BCUT2D eigenvalue weighted by molar-refractivity contribution is 6.03. The fraction of sp³-hybridized carbons (Fsp3) is 0.417. The molecule has 2 aliphatic rings. The minimum absolute atomic E-state index is 0.0294. The first kappa shape index (κ1) is 19.8. The van der Waals surface area contributed by atoms with Crippen LogP contribution in [0.4, 0.5) is 4.39 Å². The van der Waals surface area contributed by atoms with Crippen LogP contribution in [0.25, 0.3) is 0 Å². The van der Waals surface area contributed by atoms with Crippen molar-refractivity contribution in [2.75, 3.05) is 13.6 Å². The minimum Gasteiger partial charge on any atom is -0.295 e. The molecule has 1 aliphatic carbocycles. The van der Waals surface area contributed by atoms with Crippen LogP contribution in [0.15, 0.2) is 59.7 Å². The van der Waals surface area contributed by atoms with Crippen LogP contribution in [0.1, 0.15) is 55.7 Å². The standard InChI is InChI=1S/C24H28FN3O/c1-27(19-12-6-3-7-13-19)17-24(29)28-23(18-10-4-2-5-11-18)16-22(26-28)20-14-8-9-15-21(20)25/h2,4-5,8-11,14-15,19,23H,3,6-7,12-13,16-17H2,1H3. The van der Waals surface area contributed by atoms with E-state index in [1.165, 1.54) is 25.3 Å². The lowest BCUT2D eigenvalue weighted by Crippen LogP contribution is -2.41. The molecule has 1 unspecified atom stereocenters. The van der Waals surface area contributed by atoms with E-state index in [0.29, 0.717) is 30.3 Å². The molecular weight excluding hydrogens is 365 g/mol. The molecule has 1 fully saturated rings. The molecule has 0 radical (unpaired) electrons. The fourth-order valence-corrected chi connectivity index (χ4v) is 4.47. The molecule has 4 rings (SSSR count). The van der Waals surface area contributed by atoms with Gasteiger partial charge in [0.1, 0.15) is 5.82 Å². The van der Waals surface area contributed by atoms with E-state index in [-0.39, 0.29) is 17.8 Å². The van der Waals surface area contributed by atoms with Crippen molar-refractivity contribution in [1.29, 1.82) is 0 Å². The van der Waals surface area contributed by atoms with E-state index in [9.17, 15) is 9.18 Å². The highest BCUT2D eigenvalue weighted by Crippen LogP contribution is 2.33. The molecule has 0 spiro atoms. The van der Waals surface area contributed by atoms with Crippen LogP contribution >= 0.6 is 0 Å². The van der Waals surface area contributed by atoms with Gasteiger partial charge in [0.05, 0.1) is 18.3 Å². The highest BCUT2D eigenvalue weighted by atomic mass is 19.1. The Morgan fingerprint density at radius 3 is 2.48 bits per heavy atom. The lowest BCUT2D eigenvalue weighted by molar-refractivity contribution is -0.134. The van der Waals surface area contributed by atoms with E-state index in [4.69, 9.17) is 0 Å². The maximum atomic E-state index is 14.4. The summed E-state index contributed by atoms with van der Waals surface area (Å²) in [5.41, 5.74) is 2.13. The predicted molar refractivity (Wildman–Crippen MR) is 113 cm³/mol. The molecule has 0 bridgehead atoms. The van der Waals surface area contributed by atoms with Crippen LogP contribution in [0, 0.1) is 5.82 Å². The van der Waals surface area contributed by atoms with Gasteiger partial charge in [-0.3, -0.25) is 9.69 Å². The Morgan fingerprint density at radius 2 is 1.76 bits per heavy atom. The van der Waals surface area contributed by atoms with Gasteiger partial charge in [-0.1, -0.05) is 67.8 Å². The zero-order chi connectivity index (χ0) is 20.2. The summed E-state index contributed by atoms with van der Waals surface area (Å²) < 4.78 is 14.4. The van der Waals surface area contributed by atoms with E-state index in [1.54, 1.807) is 23.2 Å². The zero-order valence-electron chi connectivity index (χ0n) is 16.9. The Morgan fingerprint density at radius 1 is 1.07 bits per heavy atom. The van der Waals surface area contributed by atoms with E-state index in [2.05, 4.69) is 10.0 Å². The fourth-order valence-electron chi connectivity index (χ4n) is 4.47. The van der Waals surface area contributed by atoms with Gasteiger partial charge in [0.25, 0.3) is 5.91 Å². The summed E-state index contributed by atoms with van der Waals surface area (Å²) >= 11 is 0. The van der Waals surface area contributed by atoms with Gasteiger partial charge >= 0.3 is 0 Å². The predicted octanol–water partition coefficient (Wildman–Crippen LogP) is 4.77. The van der Waals surface area contributed by atoms with Gasteiger partial charge in [-0.2, -0.15) is 5.10 Å². The molecule has 0 saturated heterocycles. The monoisotopic (exact) mass is 393 g/mol. The van der Waals surface area contributed by atoms with E-state index < -0.39 is 0 Å². The summed E-state index contributed by atoms with van der Waals surface area (Å²) in [5, 5.41) is 6.19. The molecule has 1 amide bonds. The normalized spacial score (nSPS) is 20.2. The molecule has 5 heteroatoms. The lowest BCUT2D eigenvalue weighted by Gasteiger charge is -2.32. The lowest BCUT2D eigenvalue weighted by atomic mass is 9.94. The summed E-state index contributed by atoms with van der Waals surface area (Å²) in [5.74, 6) is -0.329. The maximum Gasteiger partial charge on any atom is 0.257 e. The number of benzene rings is 2. The molecule has 0 N–H and O–H groups in total. The number of hydrogen-bond donors (Lipinski definition) is 0. The molecular formula is C24H28FN3O. The number of hydrogen-bond acceptors (Lipinski definition) is 3. The van der Waals surface area contributed by atoms with Crippen molar-refractivity contribution in [3.8, 4) is 0 Å². The molecule has 2 aromatic rings. The summed E-state index contributed by atoms with van der Waals surface area (Å²) in [7, 11) is 2.03. The van der Waals surface area contributed by atoms with Crippen molar-refractivity contribution in [3.63, 3.8) is 0 Å². The van der Waals surface area contributed by atoms with Crippen LogP contribution in [-0.2, 0) is 4.79 Å². The van der Waals surface area contributed by atoms with Crippen molar-refractivity contribution in [2.45, 2.75) is 50.6 Å². The molecule has 1 heterocycles. The number of halogens is 1. The van der Waals surface area contributed by atoms with Crippen LogP contribution in [0.5, 0.6) is 0 Å². The van der Waals surface area contributed by atoms with Gasteiger partial charge < -0.3 is 0 Å². The topological polar surface area (TPSA) is 35.9 Å². The Kier molecular flexibility index (Phi) is 6.05. The highest BCUT2D eigenvalue weighted by Gasteiger charge is 2.34. The summed E-state index contributed by atoms with van der Waals surface area (Å²) in [4.78, 5) is 15.4. The van der Waals surface area contributed by atoms with Gasteiger partial charge in [0.15, 0.2) is 0 Å². The minimum atomic E-state index is -0.299. The first-order chi connectivity index (χ1) is 14.1. The number of carbonyl (C=O) groups excluding carboxylic acids is 1. The Balaban J connectivity index is 1.57. The second-order valence-electron chi connectivity index (χ2n) is 8.10. The molecule has 1 atom stereocenters. The molecule has 4 nitrogen and oxygen atoms in total. The molecule has 1 aliphatic heterocycles. The third-order valence-corrected chi connectivity index (χ3v) is 6.12. The Hall–Kier alpha value is -2.53. The number of carbonyl (C=O) groups is 1. The third-order valence-electron chi connectivity index (χ3n) is 6.12. The first-order valence-corrected chi connectivity index (χ1v) is 10.5. The van der Waals surface area contributed by atoms with Crippen molar-refractivity contribution in [2.24, 2.45) is 5.10 Å². The summed E-state index contributed by atoms with van der Waals surface area (Å²) in [6.07, 6.45) is 6.57. The molecule has 29 heavy (non-hydrogen) atoms. The summed E-state index contributed by atoms with van der Waals surface area (Å²) in [6, 6.07) is 16.8. The van der Waals surface area contributed by atoms with Crippen LogP contribution in [0.3, 0.4) is 0 Å². The maximum absolute atomic E-state index is 14.4. The smallest absolute Gasteiger partial charge is 0.257 e.